The Kier molecular flexibility index (Phi) is 6.38. The fourth-order valence-electron chi connectivity index (χ4n) is 1.76. The standard InChI is InChI=1S/C14H17BrIN3S/c1-9(2)17-7-3-4-13-18-19-14(20-13)11-8-10(16)5-6-12(11)15/h5-6,8-9,17H,3-4,7H2,1-2H3. The van der Waals surface area contributed by atoms with Gasteiger partial charge in [0.15, 0.2) is 0 Å². The minimum absolute atomic E-state index is 0.544. The zero-order valence-electron chi connectivity index (χ0n) is 11.5. The van der Waals surface area contributed by atoms with Gasteiger partial charge in [0.05, 0.1) is 0 Å². The number of rotatable bonds is 6. The summed E-state index contributed by atoms with van der Waals surface area (Å²) in [5, 5.41) is 14.1. The normalized spacial score (nSPS) is 11.2. The van der Waals surface area contributed by atoms with Crippen molar-refractivity contribution in [3.63, 3.8) is 0 Å². The van der Waals surface area contributed by atoms with Gasteiger partial charge in [0.1, 0.15) is 10.0 Å². The van der Waals surface area contributed by atoms with E-state index in [2.05, 4.69) is 86.1 Å². The van der Waals surface area contributed by atoms with Crippen LogP contribution < -0.4 is 5.32 Å². The molecule has 0 aliphatic carbocycles. The molecule has 108 valence electrons. The summed E-state index contributed by atoms with van der Waals surface area (Å²) in [6.45, 7) is 5.36. The van der Waals surface area contributed by atoms with E-state index in [9.17, 15) is 0 Å². The van der Waals surface area contributed by atoms with E-state index in [1.165, 1.54) is 3.57 Å². The minimum Gasteiger partial charge on any atom is -0.315 e. The van der Waals surface area contributed by atoms with Gasteiger partial charge < -0.3 is 5.32 Å². The molecule has 3 nitrogen and oxygen atoms in total. The Labute approximate surface area is 145 Å². The SMILES string of the molecule is CC(C)NCCCc1nnc(-c2cc(I)ccc2Br)s1. The van der Waals surface area contributed by atoms with Gasteiger partial charge in [0.25, 0.3) is 0 Å². The van der Waals surface area contributed by atoms with Crippen molar-refractivity contribution in [3.05, 3.63) is 31.2 Å². The highest BCUT2D eigenvalue weighted by Gasteiger charge is 2.10. The van der Waals surface area contributed by atoms with Crippen molar-refractivity contribution in [1.82, 2.24) is 15.5 Å². The maximum absolute atomic E-state index is 4.32. The number of aryl methyl sites for hydroxylation is 1. The van der Waals surface area contributed by atoms with Crippen molar-refractivity contribution >= 4 is 49.9 Å². The first-order chi connectivity index (χ1) is 9.56. The largest absolute Gasteiger partial charge is 0.315 e. The molecule has 0 saturated heterocycles. The number of nitrogens with one attached hydrogen (secondary N) is 1. The van der Waals surface area contributed by atoms with Crippen LogP contribution in [-0.4, -0.2) is 22.8 Å². The molecule has 0 amide bonds. The third-order valence-corrected chi connectivity index (χ3v) is 5.12. The third-order valence-electron chi connectivity index (χ3n) is 2.75. The van der Waals surface area contributed by atoms with Crippen LogP contribution in [0, 0.1) is 3.57 Å². The molecule has 0 aliphatic heterocycles. The van der Waals surface area contributed by atoms with Crippen LogP contribution in [-0.2, 0) is 6.42 Å². The second kappa shape index (κ2) is 7.82. The Morgan fingerprint density at radius 1 is 1.35 bits per heavy atom. The molecule has 0 spiro atoms. The molecule has 2 aromatic rings. The average molecular weight is 466 g/mol. The second-order valence-electron chi connectivity index (χ2n) is 4.84. The van der Waals surface area contributed by atoms with Gasteiger partial charge in [0.2, 0.25) is 0 Å². The van der Waals surface area contributed by atoms with Gasteiger partial charge in [-0.2, -0.15) is 0 Å². The van der Waals surface area contributed by atoms with Crippen LogP contribution in [0.4, 0.5) is 0 Å². The van der Waals surface area contributed by atoms with Crippen LogP contribution in [0.3, 0.4) is 0 Å². The predicted octanol–water partition coefficient (Wildman–Crippen LogP) is 4.50. The lowest BCUT2D eigenvalue weighted by atomic mass is 10.2. The summed E-state index contributed by atoms with van der Waals surface area (Å²) >= 11 is 7.58. The van der Waals surface area contributed by atoms with Crippen molar-refractivity contribution in [2.45, 2.75) is 32.7 Å². The van der Waals surface area contributed by atoms with E-state index < -0.39 is 0 Å². The summed E-state index contributed by atoms with van der Waals surface area (Å²) < 4.78 is 2.28. The van der Waals surface area contributed by atoms with Gasteiger partial charge in [0, 0.05) is 26.1 Å². The van der Waals surface area contributed by atoms with Crippen molar-refractivity contribution in [1.29, 1.82) is 0 Å². The molecule has 0 bridgehead atoms. The highest BCUT2D eigenvalue weighted by Crippen LogP contribution is 2.32. The summed E-state index contributed by atoms with van der Waals surface area (Å²) in [5.41, 5.74) is 1.13. The van der Waals surface area contributed by atoms with E-state index in [0.717, 1.165) is 39.4 Å². The lowest BCUT2D eigenvalue weighted by molar-refractivity contribution is 0.569. The summed E-state index contributed by atoms with van der Waals surface area (Å²) in [6.07, 6.45) is 2.08. The van der Waals surface area contributed by atoms with E-state index in [1.54, 1.807) is 11.3 Å². The van der Waals surface area contributed by atoms with E-state index in [1.807, 2.05) is 0 Å². The minimum atomic E-state index is 0.544. The lowest BCUT2D eigenvalue weighted by Crippen LogP contribution is -2.23. The molecule has 0 unspecified atom stereocenters. The molecule has 6 heteroatoms. The lowest BCUT2D eigenvalue weighted by Gasteiger charge is -2.05. The van der Waals surface area contributed by atoms with E-state index in [0.29, 0.717) is 6.04 Å². The van der Waals surface area contributed by atoms with Gasteiger partial charge in [-0.15, -0.1) is 10.2 Å². The zero-order valence-corrected chi connectivity index (χ0v) is 16.0. The van der Waals surface area contributed by atoms with Crippen LogP contribution >= 0.6 is 49.9 Å². The van der Waals surface area contributed by atoms with Crippen molar-refractivity contribution in [3.8, 4) is 10.6 Å². The Morgan fingerprint density at radius 2 is 2.15 bits per heavy atom. The fraction of sp³-hybridized carbons (Fsp3) is 0.429. The Bertz CT molecular complexity index is 571. The molecule has 1 aromatic heterocycles. The van der Waals surface area contributed by atoms with Gasteiger partial charge >= 0.3 is 0 Å². The van der Waals surface area contributed by atoms with Crippen LogP contribution in [0.2, 0.25) is 0 Å². The van der Waals surface area contributed by atoms with Crippen molar-refractivity contribution in [2.75, 3.05) is 6.54 Å². The molecule has 0 radical (unpaired) electrons. The molecular formula is C14H17BrIN3S. The highest BCUT2D eigenvalue weighted by atomic mass is 127. The summed E-state index contributed by atoms with van der Waals surface area (Å²) in [7, 11) is 0. The van der Waals surface area contributed by atoms with Gasteiger partial charge in [-0.3, -0.25) is 0 Å². The van der Waals surface area contributed by atoms with Gasteiger partial charge in [-0.25, -0.2) is 0 Å². The van der Waals surface area contributed by atoms with Crippen LogP contribution in [0.25, 0.3) is 10.6 Å². The summed E-state index contributed by atoms with van der Waals surface area (Å²) in [6, 6.07) is 6.82. The third kappa shape index (κ3) is 4.75. The van der Waals surface area contributed by atoms with Gasteiger partial charge in [-0.1, -0.05) is 41.1 Å². The molecule has 0 aliphatic rings. The van der Waals surface area contributed by atoms with Gasteiger partial charge in [-0.05, 0) is 53.8 Å². The Hall–Kier alpha value is -0.0500. The van der Waals surface area contributed by atoms with E-state index in [-0.39, 0.29) is 0 Å². The first-order valence-corrected chi connectivity index (χ1v) is 9.26. The van der Waals surface area contributed by atoms with E-state index >= 15 is 0 Å². The first kappa shape index (κ1) is 16.3. The predicted molar refractivity (Wildman–Crippen MR) is 97.2 cm³/mol. The molecule has 1 N–H and O–H groups in total. The van der Waals surface area contributed by atoms with Crippen LogP contribution in [0.15, 0.2) is 22.7 Å². The maximum atomic E-state index is 4.32. The van der Waals surface area contributed by atoms with Crippen molar-refractivity contribution < 1.29 is 0 Å². The summed E-state index contributed by atoms with van der Waals surface area (Å²) in [5.74, 6) is 0. The molecular weight excluding hydrogens is 449 g/mol. The molecule has 20 heavy (non-hydrogen) atoms. The number of hydrogen-bond donors (Lipinski definition) is 1. The topological polar surface area (TPSA) is 37.8 Å². The quantitative estimate of drug-likeness (QED) is 0.504. The Morgan fingerprint density at radius 3 is 2.90 bits per heavy atom. The smallest absolute Gasteiger partial charge is 0.148 e. The number of halogens is 2. The number of nitrogens with zero attached hydrogens (tertiary/aromatic N) is 2. The molecule has 0 fully saturated rings. The molecule has 0 saturated carbocycles. The first-order valence-electron chi connectivity index (χ1n) is 6.57. The number of hydrogen-bond acceptors (Lipinski definition) is 4. The number of aromatic nitrogens is 2. The monoisotopic (exact) mass is 465 g/mol. The Balaban J connectivity index is 2.00. The highest BCUT2D eigenvalue weighted by molar-refractivity contribution is 14.1. The zero-order chi connectivity index (χ0) is 14.5. The molecule has 1 heterocycles. The molecule has 2 rings (SSSR count). The van der Waals surface area contributed by atoms with Crippen molar-refractivity contribution in [2.24, 2.45) is 0 Å². The fourth-order valence-corrected chi connectivity index (χ4v) is 3.72. The average Bonchev–Trinajstić information content (AvgIpc) is 2.86. The second-order valence-corrected chi connectivity index (χ2v) is 8.00. The van der Waals surface area contributed by atoms with Crippen LogP contribution in [0.1, 0.15) is 25.3 Å². The van der Waals surface area contributed by atoms with Crippen LogP contribution in [0.5, 0.6) is 0 Å². The summed E-state index contributed by atoms with van der Waals surface area (Å²) in [4.78, 5) is 0. The molecule has 0 atom stereocenters. The maximum Gasteiger partial charge on any atom is 0.148 e. The molecule has 1 aromatic carbocycles. The van der Waals surface area contributed by atoms with E-state index in [4.69, 9.17) is 0 Å². The number of benzene rings is 1.